The first kappa shape index (κ1) is 16.4. The van der Waals surface area contributed by atoms with Gasteiger partial charge in [0.25, 0.3) is 0 Å². The molecule has 0 saturated carbocycles. The predicted molar refractivity (Wildman–Crippen MR) is 95.8 cm³/mol. The maximum atomic E-state index is 5.95. The van der Waals surface area contributed by atoms with Gasteiger partial charge in [-0.3, -0.25) is 0 Å². The summed E-state index contributed by atoms with van der Waals surface area (Å²) in [4.78, 5) is 0. The molecule has 0 aliphatic rings. The number of nitrogens with one attached hydrogen (secondary N) is 2. The van der Waals surface area contributed by atoms with Gasteiger partial charge in [-0.25, -0.2) is 0 Å². The largest absolute Gasteiger partial charge is 0.362 e. The van der Waals surface area contributed by atoms with Crippen molar-refractivity contribution in [3.63, 3.8) is 0 Å². The number of hydrogen-bond donors (Lipinski definition) is 2. The molecule has 0 spiro atoms. The van der Waals surface area contributed by atoms with E-state index in [1.807, 2.05) is 30.3 Å². The molecular weight excluding hydrogens is 347 g/mol. The number of anilines is 1. The lowest BCUT2D eigenvalue weighted by Gasteiger charge is -2.11. The molecule has 21 heavy (non-hydrogen) atoms. The number of halogens is 3. The van der Waals surface area contributed by atoms with E-state index in [4.69, 9.17) is 47.0 Å². The Kier molecular flexibility index (Phi) is 6.12. The molecule has 2 nitrogen and oxygen atoms in total. The molecule has 0 aromatic heterocycles. The van der Waals surface area contributed by atoms with Crippen LogP contribution in [0.5, 0.6) is 0 Å². The van der Waals surface area contributed by atoms with Gasteiger partial charge in [-0.1, -0.05) is 46.9 Å². The standard InChI is InChI=1S/C15H13Cl3N2S/c16-11-3-1-10(2-4-11)7-8-19-15(21)20-12-5-6-13(17)14(18)9-12/h1-6,9H,7-8H2,(H2,19,20,21). The SMILES string of the molecule is S=C(NCCc1ccc(Cl)cc1)Nc1ccc(Cl)c(Cl)c1. The van der Waals surface area contributed by atoms with Crippen molar-refractivity contribution in [3.05, 3.63) is 63.1 Å². The lowest BCUT2D eigenvalue weighted by molar-refractivity contribution is 0.873. The molecule has 2 aromatic carbocycles. The van der Waals surface area contributed by atoms with E-state index in [-0.39, 0.29) is 0 Å². The zero-order chi connectivity index (χ0) is 15.2. The van der Waals surface area contributed by atoms with Gasteiger partial charge in [0.1, 0.15) is 0 Å². The van der Waals surface area contributed by atoms with Crippen molar-refractivity contribution in [2.24, 2.45) is 0 Å². The van der Waals surface area contributed by atoms with Gasteiger partial charge in [0.2, 0.25) is 0 Å². The van der Waals surface area contributed by atoms with Crippen LogP contribution < -0.4 is 10.6 Å². The average Bonchev–Trinajstić information content (AvgIpc) is 2.45. The predicted octanol–water partition coefficient (Wildman–Crippen LogP) is 5.18. The van der Waals surface area contributed by atoms with Crippen LogP contribution in [0.25, 0.3) is 0 Å². The minimum atomic E-state index is 0.491. The maximum absolute atomic E-state index is 5.95. The average molecular weight is 360 g/mol. The van der Waals surface area contributed by atoms with Gasteiger partial charge in [0, 0.05) is 17.3 Å². The fourth-order valence-electron chi connectivity index (χ4n) is 1.72. The summed E-state index contributed by atoms with van der Waals surface area (Å²) in [6.45, 7) is 0.731. The van der Waals surface area contributed by atoms with Crippen molar-refractivity contribution in [1.82, 2.24) is 5.32 Å². The summed E-state index contributed by atoms with van der Waals surface area (Å²) in [6, 6.07) is 13.0. The molecule has 0 heterocycles. The molecule has 2 aromatic rings. The molecule has 110 valence electrons. The molecule has 0 aliphatic carbocycles. The van der Waals surface area contributed by atoms with Crippen LogP contribution in [0, 0.1) is 0 Å². The first-order chi connectivity index (χ1) is 10.0. The maximum Gasteiger partial charge on any atom is 0.170 e. The first-order valence-corrected chi connectivity index (χ1v) is 7.83. The van der Waals surface area contributed by atoms with Gasteiger partial charge < -0.3 is 10.6 Å². The van der Waals surface area contributed by atoms with E-state index in [0.29, 0.717) is 15.2 Å². The highest BCUT2D eigenvalue weighted by atomic mass is 35.5. The van der Waals surface area contributed by atoms with E-state index >= 15 is 0 Å². The second-order valence-electron chi connectivity index (χ2n) is 4.39. The van der Waals surface area contributed by atoms with Crippen LogP contribution >= 0.6 is 47.0 Å². The fraction of sp³-hybridized carbons (Fsp3) is 0.133. The molecule has 0 fully saturated rings. The summed E-state index contributed by atoms with van der Waals surface area (Å²) in [5.74, 6) is 0. The van der Waals surface area contributed by atoms with Gasteiger partial charge in [0.15, 0.2) is 5.11 Å². The molecule has 6 heteroatoms. The summed E-state index contributed by atoms with van der Waals surface area (Å²) in [7, 11) is 0. The van der Waals surface area contributed by atoms with Crippen molar-refractivity contribution in [2.45, 2.75) is 6.42 Å². The van der Waals surface area contributed by atoms with Crippen LogP contribution in [-0.2, 0) is 6.42 Å². The Morgan fingerprint density at radius 2 is 1.67 bits per heavy atom. The third kappa shape index (κ3) is 5.36. The quantitative estimate of drug-likeness (QED) is 0.736. The van der Waals surface area contributed by atoms with Crippen molar-refractivity contribution in [2.75, 3.05) is 11.9 Å². The highest BCUT2D eigenvalue weighted by Crippen LogP contribution is 2.24. The third-order valence-electron chi connectivity index (χ3n) is 2.79. The van der Waals surface area contributed by atoms with Crippen LogP contribution in [0.1, 0.15) is 5.56 Å². The summed E-state index contributed by atoms with van der Waals surface area (Å²) in [6.07, 6.45) is 0.861. The number of thiocarbonyl (C=S) groups is 1. The van der Waals surface area contributed by atoms with Gasteiger partial charge in [-0.05, 0) is 54.5 Å². The normalized spacial score (nSPS) is 10.2. The Morgan fingerprint density at radius 1 is 0.952 bits per heavy atom. The summed E-state index contributed by atoms with van der Waals surface area (Å²) in [5.41, 5.74) is 2.00. The number of hydrogen-bond acceptors (Lipinski definition) is 1. The van der Waals surface area contributed by atoms with E-state index in [9.17, 15) is 0 Å². The van der Waals surface area contributed by atoms with E-state index in [1.54, 1.807) is 12.1 Å². The summed E-state index contributed by atoms with van der Waals surface area (Å²) < 4.78 is 0. The minimum Gasteiger partial charge on any atom is -0.362 e. The van der Waals surface area contributed by atoms with E-state index in [1.165, 1.54) is 5.56 Å². The molecule has 0 unspecified atom stereocenters. The highest BCUT2D eigenvalue weighted by Gasteiger charge is 2.01. The molecule has 0 bridgehead atoms. The molecule has 2 rings (SSSR count). The molecule has 0 amide bonds. The Hall–Kier alpha value is -1.000. The van der Waals surface area contributed by atoms with Crippen molar-refractivity contribution < 1.29 is 0 Å². The van der Waals surface area contributed by atoms with Crippen molar-refractivity contribution in [1.29, 1.82) is 0 Å². The van der Waals surface area contributed by atoms with Crippen LogP contribution in [0.2, 0.25) is 15.1 Å². The zero-order valence-corrected chi connectivity index (χ0v) is 14.1. The molecule has 0 radical (unpaired) electrons. The van der Waals surface area contributed by atoms with Crippen LogP contribution in [0.3, 0.4) is 0 Å². The van der Waals surface area contributed by atoms with Gasteiger partial charge >= 0.3 is 0 Å². The molecule has 2 N–H and O–H groups in total. The van der Waals surface area contributed by atoms with Crippen molar-refractivity contribution >= 4 is 57.8 Å². The summed E-state index contributed by atoms with van der Waals surface area (Å²) >= 11 is 22.9. The lowest BCUT2D eigenvalue weighted by Crippen LogP contribution is -2.30. The second-order valence-corrected chi connectivity index (χ2v) is 6.05. The monoisotopic (exact) mass is 358 g/mol. The molecule has 0 atom stereocenters. The molecule has 0 saturated heterocycles. The second kappa shape index (κ2) is 7.85. The van der Waals surface area contributed by atoms with Gasteiger partial charge in [-0.2, -0.15) is 0 Å². The first-order valence-electron chi connectivity index (χ1n) is 6.29. The van der Waals surface area contributed by atoms with E-state index in [0.717, 1.165) is 23.7 Å². The highest BCUT2D eigenvalue weighted by molar-refractivity contribution is 7.80. The van der Waals surface area contributed by atoms with Crippen LogP contribution in [0.15, 0.2) is 42.5 Å². The Balaban J connectivity index is 1.79. The Bertz CT molecular complexity index is 629. The van der Waals surface area contributed by atoms with E-state index < -0.39 is 0 Å². The van der Waals surface area contributed by atoms with Crippen LogP contribution in [0.4, 0.5) is 5.69 Å². The fourth-order valence-corrected chi connectivity index (χ4v) is 2.36. The Labute approximate surface area is 144 Å². The minimum absolute atomic E-state index is 0.491. The van der Waals surface area contributed by atoms with Crippen LogP contribution in [-0.4, -0.2) is 11.7 Å². The van der Waals surface area contributed by atoms with Crippen molar-refractivity contribution in [3.8, 4) is 0 Å². The van der Waals surface area contributed by atoms with E-state index in [2.05, 4.69) is 10.6 Å². The topological polar surface area (TPSA) is 24.1 Å². The zero-order valence-electron chi connectivity index (χ0n) is 11.0. The number of rotatable bonds is 4. The molecule has 0 aliphatic heterocycles. The van der Waals surface area contributed by atoms with Gasteiger partial charge in [0.05, 0.1) is 10.0 Å². The third-order valence-corrected chi connectivity index (χ3v) is 4.03. The Morgan fingerprint density at radius 3 is 2.33 bits per heavy atom. The molecular formula is C15H13Cl3N2S. The smallest absolute Gasteiger partial charge is 0.170 e. The lowest BCUT2D eigenvalue weighted by atomic mass is 10.1. The van der Waals surface area contributed by atoms with Gasteiger partial charge in [-0.15, -0.1) is 0 Å². The number of benzene rings is 2. The summed E-state index contributed by atoms with van der Waals surface area (Å²) in [5, 5.41) is 8.49.